The first-order chi connectivity index (χ1) is 17.9. The average molecular weight is 577 g/mol. The highest BCUT2D eigenvalue weighted by Gasteiger charge is 2.33. The second kappa shape index (κ2) is 12.7. The molecule has 0 radical (unpaired) electrons. The second-order valence-corrected chi connectivity index (χ2v) is 12.0. The summed E-state index contributed by atoms with van der Waals surface area (Å²) >= 11 is 12.3. The molecule has 0 aliphatic heterocycles. The van der Waals surface area contributed by atoms with Crippen LogP contribution in [0.1, 0.15) is 31.9 Å². The molecule has 2 amide bonds. The lowest BCUT2D eigenvalue weighted by Gasteiger charge is -2.32. The molecule has 0 aliphatic carbocycles. The Morgan fingerprint density at radius 3 is 2.18 bits per heavy atom. The molecule has 1 N–H and O–H groups in total. The molecule has 0 aromatic heterocycles. The SMILES string of the molecule is Cc1cccc(N(CC(=O)N(Cc2ccccc2Cl)[C@H](C)C(=O)NC(C)C)S(=O)(=O)c2ccc(Cl)cc2)c1. The van der Waals surface area contributed by atoms with E-state index in [0.29, 0.717) is 21.3 Å². The first kappa shape index (κ1) is 29.5. The first-order valence-electron chi connectivity index (χ1n) is 12.1. The molecule has 3 rings (SSSR count). The van der Waals surface area contributed by atoms with Crippen molar-refractivity contribution in [3.63, 3.8) is 0 Å². The van der Waals surface area contributed by atoms with Gasteiger partial charge in [-0.2, -0.15) is 0 Å². The van der Waals surface area contributed by atoms with Crippen LogP contribution in [-0.4, -0.2) is 43.8 Å². The maximum atomic E-state index is 13.9. The summed E-state index contributed by atoms with van der Waals surface area (Å²) in [6, 6.07) is 18.6. The van der Waals surface area contributed by atoms with Crippen LogP contribution in [0, 0.1) is 6.92 Å². The van der Waals surface area contributed by atoms with E-state index in [1.165, 1.54) is 29.2 Å². The third-order valence-corrected chi connectivity index (χ3v) is 8.28. The zero-order valence-corrected chi connectivity index (χ0v) is 24.0. The van der Waals surface area contributed by atoms with Gasteiger partial charge in [-0.05, 0) is 81.3 Å². The van der Waals surface area contributed by atoms with Gasteiger partial charge >= 0.3 is 0 Å². The second-order valence-electron chi connectivity index (χ2n) is 9.26. The standard InChI is InChI=1S/C28H31Cl2N3O4S/c1-19(2)31-28(35)21(4)32(17-22-9-5-6-11-26(22)30)27(34)18-33(24-10-7-8-20(3)16-24)38(36,37)25-14-12-23(29)13-15-25/h5-16,19,21H,17-18H2,1-4H3,(H,31,35)/t21-/m1/s1. The van der Waals surface area contributed by atoms with Crippen LogP contribution in [0.25, 0.3) is 0 Å². The summed E-state index contributed by atoms with van der Waals surface area (Å²) in [6.45, 7) is 6.58. The van der Waals surface area contributed by atoms with Gasteiger partial charge in [-0.25, -0.2) is 8.42 Å². The topological polar surface area (TPSA) is 86.8 Å². The predicted octanol–water partition coefficient (Wildman–Crippen LogP) is 5.44. The van der Waals surface area contributed by atoms with Crippen molar-refractivity contribution in [3.05, 3.63) is 94.0 Å². The largest absolute Gasteiger partial charge is 0.352 e. The molecule has 0 saturated heterocycles. The van der Waals surface area contributed by atoms with Gasteiger partial charge in [0.2, 0.25) is 11.8 Å². The summed E-state index contributed by atoms with van der Waals surface area (Å²) in [4.78, 5) is 28.1. The fourth-order valence-electron chi connectivity index (χ4n) is 3.84. The molecule has 10 heteroatoms. The van der Waals surface area contributed by atoms with Gasteiger partial charge in [-0.3, -0.25) is 13.9 Å². The van der Waals surface area contributed by atoms with Gasteiger partial charge in [0.25, 0.3) is 10.0 Å². The quantitative estimate of drug-likeness (QED) is 0.348. The molecule has 0 fully saturated rings. The van der Waals surface area contributed by atoms with E-state index < -0.39 is 28.5 Å². The molecule has 3 aromatic carbocycles. The highest BCUT2D eigenvalue weighted by molar-refractivity contribution is 7.92. The first-order valence-corrected chi connectivity index (χ1v) is 14.3. The molecular formula is C28H31Cl2N3O4S. The van der Waals surface area contributed by atoms with E-state index >= 15 is 0 Å². The summed E-state index contributed by atoms with van der Waals surface area (Å²) in [7, 11) is -4.16. The van der Waals surface area contributed by atoms with Crippen LogP contribution in [0.15, 0.2) is 77.7 Å². The lowest BCUT2D eigenvalue weighted by atomic mass is 10.1. The molecule has 0 aliphatic rings. The zero-order valence-electron chi connectivity index (χ0n) is 21.7. The third kappa shape index (κ3) is 7.28. The number of amides is 2. The molecule has 0 unspecified atom stereocenters. The summed E-state index contributed by atoms with van der Waals surface area (Å²) in [6.07, 6.45) is 0. The van der Waals surface area contributed by atoms with Crippen molar-refractivity contribution < 1.29 is 18.0 Å². The maximum absolute atomic E-state index is 13.9. The maximum Gasteiger partial charge on any atom is 0.264 e. The molecule has 0 saturated carbocycles. The van der Waals surface area contributed by atoms with Crippen molar-refractivity contribution in [1.82, 2.24) is 10.2 Å². The average Bonchev–Trinajstić information content (AvgIpc) is 2.86. The molecule has 3 aromatic rings. The van der Waals surface area contributed by atoms with E-state index in [2.05, 4.69) is 5.32 Å². The lowest BCUT2D eigenvalue weighted by molar-refractivity contribution is -0.139. The van der Waals surface area contributed by atoms with Crippen LogP contribution in [-0.2, 0) is 26.2 Å². The van der Waals surface area contributed by atoms with Gasteiger partial charge in [-0.1, -0.05) is 53.5 Å². The minimum Gasteiger partial charge on any atom is -0.352 e. The van der Waals surface area contributed by atoms with Crippen LogP contribution in [0.5, 0.6) is 0 Å². The summed E-state index contributed by atoms with van der Waals surface area (Å²) in [5.74, 6) is -0.918. The lowest BCUT2D eigenvalue weighted by Crippen LogP contribution is -2.52. The fraction of sp³-hybridized carbons (Fsp3) is 0.286. The van der Waals surface area contributed by atoms with Gasteiger partial charge in [-0.15, -0.1) is 0 Å². The Morgan fingerprint density at radius 2 is 1.58 bits per heavy atom. The number of aryl methyl sites for hydroxylation is 1. The van der Waals surface area contributed by atoms with E-state index in [0.717, 1.165) is 9.87 Å². The number of carbonyl (C=O) groups is 2. The monoisotopic (exact) mass is 575 g/mol. The van der Waals surface area contributed by atoms with E-state index in [1.807, 2.05) is 26.8 Å². The number of halogens is 2. The predicted molar refractivity (Wildman–Crippen MR) is 152 cm³/mol. The Morgan fingerprint density at radius 1 is 0.921 bits per heavy atom. The van der Waals surface area contributed by atoms with Crippen molar-refractivity contribution in [2.24, 2.45) is 0 Å². The Balaban J connectivity index is 2.04. The summed E-state index contributed by atoms with van der Waals surface area (Å²) in [5, 5.41) is 3.65. The Kier molecular flexibility index (Phi) is 9.82. The van der Waals surface area contributed by atoms with Gasteiger partial charge in [0.05, 0.1) is 10.6 Å². The van der Waals surface area contributed by atoms with Crippen molar-refractivity contribution in [2.45, 2.75) is 51.2 Å². The molecule has 38 heavy (non-hydrogen) atoms. The zero-order chi connectivity index (χ0) is 28.0. The number of hydrogen-bond acceptors (Lipinski definition) is 4. The van der Waals surface area contributed by atoms with E-state index in [4.69, 9.17) is 23.2 Å². The third-order valence-electron chi connectivity index (χ3n) is 5.87. The van der Waals surface area contributed by atoms with Crippen LogP contribution in [0.3, 0.4) is 0 Å². The number of nitrogens with one attached hydrogen (secondary N) is 1. The number of nitrogens with zero attached hydrogens (tertiary/aromatic N) is 2. The summed E-state index contributed by atoms with van der Waals surface area (Å²) in [5.41, 5.74) is 1.78. The van der Waals surface area contributed by atoms with Crippen molar-refractivity contribution in [3.8, 4) is 0 Å². The molecule has 0 spiro atoms. The Labute approximate surface area is 234 Å². The van der Waals surface area contributed by atoms with E-state index in [9.17, 15) is 18.0 Å². The van der Waals surface area contributed by atoms with E-state index in [1.54, 1.807) is 49.4 Å². The Bertz CT molecular complexity index is 1400. The molecule has 0 bridgehead atoms. The number of sulfonamides is 1. The van der Waals surface area contributed by atoms with Gasteiger partial charge < -0.3 is 10.2 Å². The van der Waals surface area contributed by atoms with Crippen LogP contribution >= 0.6 is 23.2 Å². The van der Waals surface area contributed by atoms with Gasteiger partial charge in [0.1, 0.15) is 12.6 Å². The van der Waals surface area contributed by atoms with Gasteiger partial charge in [0, 0.05) is 22.6 Å². The highest BCUT2D eigenvalue weighted by Crippen LogP contribution is 2.27. The van der Waals surface area contributed by atoms with Crippen LogP contribution in [0.2, 0.25) is 10.0 Å². The summed E-state index contributed by atoms with van der Waals surface area (Å²) < 4.78 is 28.6. The number of benzene rings is 3. The van der Waals surface area contributed by atoms with Gasteiger partial charge in [0.15, 0.2) is 0 Å². The molecule has 1 atom stereocenters. The van der Waals surface area contributed by atoms with Crippen molar-refractivity contribution >= 4 is 50.7 Å². The molecule has 7 nitrogen and oxygen atoms in total. The fourth-order valence-corrected chi connectivity index (χ4v) is 5.57. The Hall–Kier alpha value is -3.07. The number of hydrogen-bond donors (Lipinski definition) is 1. The van der Waals surface area contributed by atoms with Crippen molar-refractivity contribution in [2.75, 3.05) is 10.8 Å². The molecular weight excluding hydrogens is 545 g/mol. The minimum atomic E-state index is -4.16. The number of rotatable bonds is 10. The van der Waals surface area contributed by atoms with E-state index in [-0.39, 0.29) is 23.4 Å². The van der Waals surface area contributed by atoms with Crippen LogP contribution in [0.4, 0.5) is 5.69 Å². The van der Waals surface area contributed by atoms with Crippen molar-refractivity contribution in [1.29, 1.82) is 0 Å². The number of anilines is 1. The number of carbonyl (C=O) groups excluding carboxylic acids is 2. The smallest absolute Gasteiger partial charge is 0.264 e. The molecule has 202 valence electrons. The highest BCUT2D eigenvalue weighted by atomic mass is 35.5. The molecule has 0 heterocycles. The normalized spacial score (nSPS) is 12.2. The minimum absolute atomic E-state index is 0.0144. The van der Waals surface area contributed by atoms with Crippen LogP contribution < -0.4 is 9.62 Å².